The van der Waals surface area contributed by atoms with Gasteiger partial charge in [-0.05, 0) is 6.42 Å². The van der Waals surface area contributed by atoms with E-state index in [2.05, 4.69) is 11.7 Å². The van der Waals surface area contributed by atoms with Crippen molar-refractivity contribution in [3.05, 3.63) is 0 Å². The van der Waals surface area contributed by atoms with Gasteiger partial charge in [0.1, 0.15) is 0 Å². The standard InChI is InChI=1S/C16H30O10S2.2Na.2H/c1-2-3-4-5-6-7-8-9-10-11-12-26-15(19)16(13-14(17)18,27(20,21)22)28(23,24)25;;;;/h2-13H2,1H3,(H,17,18)(H,20,21,22)(H,23,24,25);;;;/q;2*+1;2*-1. The third-order valence-corrected chi connectivity index (χ3v) is 7.81. The number of unbranched alkanes of at least 4 members (excludes halogenated alkanes) is 9. The van der Waals surface area contributed by atoms with E-state index in [-0.39, 0.29) is 68.6 Å². The van der Waals surface area contributed by atoms with Gasteiger partial charge in [-0.1, -0.05) is 64.7 Å². The van der Waals surface area contributed by atoms with Crippen molar-refractivity contribution in [2.45, 2.75) is 81.6 Å². The minimum atomic E-state index is -5.84. The fraction of sp³-hybridized carbons (Fsp3) is 0.875. The fourth-order valence-electron chi connectivity index (χ4n) is 2.66. The molecule has 14 heteroatoms. The Morgan fingerprint density at radius 2 is 1.17 bits per heavy atom. The molecule has 0 aliphatic heterocycles. The molecule has 0 rings (SSSR count). The molecule has 0 heterocycles. The van der Waals surface area contributed by atoms with Crippen molar-refractivity contribution in [1.29, 1.82) is 0 Å². The van der Waals surface area contributed by atoms with Crippen LogP contribution in [-0.4, -0.2) is 53.7 Å². The van der Waals surface area contributed by atoms with E-state index in [1.807, 2.05) is 0 Å². The molecule has 0 saturated carbocycles. The Hall–Kier alpha value is 0.760. The second-order valence-corrected chi connectivity index (χ2v) is 10.1. The Balaban J connectivity index is -0.000000607. The quantitative estimate of drug-likeness (QED) is 0.0851. The van der Waals surface area contributed by atoms with Crippen molar-refractivity contribution >= 4 is 32.2 Å². The second-order valence-electron chi connectivity index (χ2n) is 6.59. The number of carbonyl (C=O) groups excluding carboxylic acids is 1. The maximum absolute atomic E-state index is 12.0. The van der Waals surface area contributed by atoms with E-state index in [0.717, 1.165) is 25.7 Å². The van der Waals surface area contributed by atoms with Crippen molar-refractivity contribution in [3.8, 4) is 0 Å². The van der Waals surface area contributed by atoms with E-state index >= 15 is 0 Å². The number of rotatable bonds is 16. The third-order valence-electron chi connectivity index (χ3n) is 4.26. The van der Waals surface area contributed by atoms with Crippen LogP contribution in [0.15, 0.2) is 0 Å². The smallest absolute Gasteiger partial charge is 1.00 e. The Morgan fingerprint density at radius 1 is 0.800 bits per heavy atom. The van der Waals surface area contributed by atoms with Crippen LogP contribution < -0.4 is 59.1 Å². The van der Waals surface area contributed by atoms with E-state index in [4.69, 9.17) is 14.2 Å². The van der Waals surface area contributed by atoms with Crippen LogP contribution in [0.4, 0.5) is 0 Å². The first kappa shape index (κ1) is 35.4. The molecule has 0 aromatic carbocycles. The molecule has 0 aromatic rings. The van der Waals surface area contributed by atoms with Crippen LogP contribution in [0.1, 0.15) is 80.4 Å². The third kappa shape index (κ3) is 12.1. The van der Waals surface area contributed by atoms with Crippen LogP contribution in [0, 0.1) is 0 Å². The van der Waals surface area contributed by atoms with Crippen molar-refractivity contribution in [1.82, 2.24) is 0 Å². The SMILES string of the molecule is CCCCCCCCCCCCOC(=O)C(CC(=O)O)(S(=O)(=O)O)S(=O)(=O)O.[H-].[H-].[Na+].[Na+]. The predicted octanol–water partition coefficient (Wildman–Crippen LogP) is -3.37. The van der Waals surface area contributed by atoms with Gasteiger partial charge in [-0.25, -0.2) is 4.79 Å². The van der Waals surface area contributed by atoms with Gasteiger partial charge in [-0.2, -0.15) is 16.8 Å². The summed E-state index contributed by atoms with van der Waals surface area (Å²) in [5, 5.41) is 8.73. The Kier molecular flexibility index (Phi) is 20.3. The van der Waals surface area contributed by atoms with Crippen LogP contribution in [0.2, 0.25) is 0 Å². The first-order chi connectivity index (χ1) is 12.9. The van der Waals surface area contributed by atoms with E-state index < -0.39 is 42.7 Å². The molecule has 0 bridgehead atoms. The monoisotopic (exact) mass is 494 g/mol. The van der Waals surface area contributed by atoms with Gasteiger partial charge < -0.3 is 12.7 Å². The van der Waals surface area contributed by atoms with Gasteiger partial charge in [0.2, 0.25) is 0 Å². The molecular formula is C16H32Na2O10S2. The topological polar surface area (TPSA) is 172 Å². The van der Waals surface area contributed by atoms with Gasteiger partial charge in [-0.3, -0.25) is 13.9 Å². The second kappa shape index (κ2) is 17.3. The van der Waals surface area contributed by atoms with Gasteiger partial charge >= 0.3 is 75.1 Å². The molecule has 0 radical (unpaired) electrons. The summed E-state index contributed by atoms with van der Waals surface area (Å²) in [6.07, 6.45) is 7.85. The largest absolute Gasteiger partial charge is 1.00 e. The van der Waals surface area contributed by atoms with Gasteiger partial charge in [0, 0.05) is 0 Å². The van der Waals surface area contributed by atoms with Gasteiger partial charge in [0.25, 0.3) is 20.2 Å². The summed E-state index contributed by atoms with van der Waals surface area (Å²) in [5.41, 5.74) is 0. The summed E-state index contributed by atoms with van der Waals surface area (Å²) in [6.45, 7) is 1.77. The Labute approximate surface area is 225 Å². The molecule has 0 atom stereocenters. The van der Waals surface area contributed by atoms with Crippen molar-refractivity contribution in [2.75, 3.05) is 6.61 Å². The zero-order valence-electron chi connectivity index (χ0n) is 20.0. The fourth-order valence-corrected chi connectivity index (χ4v) is 4.88. The molecule has 0 aliphatic carbocycles. The molecular weight excluding hydrogens is 462 g/mol. The molecule has 10 nitrogen and oxygen atoms in total. The summed E-state index contributed by atoms with van der Waals surface area (Å²) < 4.78 is 64.5. The zero-order chi connectivity index (χ0) is 21.8. The van der Waals surface area contributed by atoms with E-state index in [0.29, 0.717) is 12.8 Å². The van der Waals surface area contributed by atoms with Crippen molar-refractivity contribution in [2.24, 2.45) is 0 Å². The van der Waals surface area contributed by atoms with E-state index in [9.17, 15) is 26.4 Å². The Morgan fingerprint density at radius 3 is 1.50 bits per heavy atom. The first-order valence-electron chi connectivity index (χ1n) is 9.23. The summed E-state index contributed by atoms with van der Waals surface area (Å²) in [4.78, 5) is 22.8. The van der Waals surface area contributed by atoms with Crippen LogP contribution in [0.3, 0.4) is 0 Å². The maximum atomic E-state index is 12.0. The molecule has 3 N–H and O–H groups in total. The number of carboxylic acids is 1. The molecule has 170 valence electrons. The van der Waals surface area contributed by atoms with Crippen LogP contribution in [-0.2, 0) is 34.6 Å². The number of carboxylic acid groups (broad SMARTS) is 1. The molecule has 0 saturated heterocycles. The van der Waals surface area contributed by atoms with Gasteiger partial charge in [0.15, 0.2) is 0 Å². The van der Waals surface area contributed by atoms with E-state index in [1.165, 1.54) is 25.7 Å². The van der Waals surface area contributed by atoms with E-state index in [1.54, 1.807) is 0 Å². The van der Waals surface area contributed by atoms with Crippen molar-refractivity contribution in [3.63, 3.8) is 0 Å². The normalized spacial score (nSPS) is 11.8. The summed E-state index contributed by atoms with van der Waals surface area (Å²) in [6, 6.07) is 0. The van der Waals surface area contributed by atoms with Gasteiger partial charge in [0.05, 0.1) is 13.0 Å². The first-order valence-corrected chi connectivity index (χ1v) is 12.1. The molecule has 0 aromatic heterocycles. The van der Waals surface area contributed by atoms with Gasteiger partial charge in [-0.15, -0.1) is 0 Å². The number of hydrogen-bond donors (Lipinski definition) is 3. The minimum Gasteiger partial charge on any atom is -1.00 e. The number of esters is 1. The van der Waals surface area contributed by atoms with Crippen LogP contribution >= 0.6 is 0 Å². The molecule has 0 aliphatic rings. The maximum Gasteiger partial charge on any atom is 1.00 e. The molecule has 0 amide bonds. The molecule has 30 heavy (non-hydrogen) atoms. The number of ether oxygens (including phenoxy) is 1. The molecule has 0 spiro atoms. The summed E-state index contributed by atoms with van der Waals surface area (Å²) >= 11 is 0. The number of hydrogen-bond acceptors (Lipinski definition) is 7. The summed E-state index contributed by atoms with van der Waals surface area (Å²) in [5.74, 6) is -4.08. The van der Waals surface area contributed by atoms with Crippen LogP contribution in [0.5, 0.6) is 0 Å². The zero-order valence-corrected chi connectivity index (χ0v) is 23.6. The minimum absolute atomic E-state index is 0. The summed E-state index contributed by atoms with van der Waals surface area (Å²) in [7, 11) is -11.7. The predicted molar refractivity (Wildman–Crippen MR) is 103 cm³/mol. The van der Waals surface area contributed by atoms with Crippen molar-refractivity contribution < 1.29 is 107 Å². The Bertz CT molecular complexity index is 686. The average Bonchev–Trinajstić information content (AvgIpc) is 2.54. The number of carbonyl (C=O) groups is 2. The average molecular weight is 495 g/mol. The van der Waals surface area contributed by atoms with Crippen LogP contribution in [0.25, 0.3) is 0 Å². The molecule has 0 unspecified atom stereocenters. The molecule has 0 fully saturated rings. The number of aliphatic carboxylic acids is 1.